The first-order valence-corrected chi connectivity index (χ1v) is 6.50. The van der Waals surface area contributed by atoms with Crippen LogP contribution in [0.15, 0.2) is 18.2 Å². The van der Waals surface area contributed by atoms with E-state index >= 15 is 0 Å². The van der Waals surface area contributed by atoms with Crippen LogP contribution in [0, 0.1) is 5.92 Å². The highest BCUT2D eigenvalue weighted by molar-refractivity contribution is 5.85. The van der Waals surface area contributed by atoms with Gasteiger partial charge in [-0.3, -0.25) is 4.79 Å². The molecular formula is C14H14NO5-. The van der Waals surface area contributed by atoms with Crippen molar-refractivity contribution in [3.05, 3.63) is 23.8 Å². The lowest BCUT2D eigenvalue weighted by molar-refractivity contribution is -0.311. The predicted molar refractivity (Wildman–Crippen MR) is 66.0 cm³/mol. The minimum absolute atomic E-state index is 0.0207. The largest absolute Gasteiger partial charge is 0.550 e. The molecule has 1 saturated heterocycles. The second kappa shape index (κ2) is 5.03. The van der Waals surface area contributed by atoms with Crippen LogP contribution in [0.4, 0.5) is 0 Å². The van der Waals surface area contributed by atoms with E-state index in [1.54, 1.807) is 6.07 Å². The zero-order valence-corrected chi connectivity index (χ0v) is 10.8. The third-order valence-corrected chi connectivity index (χ3v) is 3.53. The fraction of sp³-hybridized carbons (Fsp3) is 0.429. The summed E-state index contributed by atoms with van der Waals surface area (Å²) < 4.78 is 10.9. The van der Waals surface area contributed by atoms with Gasteiger partial charge in [0.1, 0.15) is 13.2 Å². The van der Waals surface area contributed by atoms with Crippen LogP contribution in [0.1, 0.15) is 12.0 Å². The molecule has 1 atom stereocenters. The van der Waals surface area contributed by atoms with Crippen molar-refractivity contribution in [1.29, 1.82) is 0 Å². The summed E-state index contributed by atoms with van der Waals surface area (Å²) in [5.74, 6) is -0.672. The number of likely N-dealkylation sites (tertiary alicyclic amines) is 1. The van der Waals surface area contributed by atoms with Crippen molar-refractivity contribution in [2.24, 2.45) is 5.92 Å². The third-order valence-electron chi connectivity index (χ3n) is 3.53. The van der Waals surface area contributed by atoms with Crippen LogP contribution in [-0.4, -0.2) is 36.5 Å². The first kappa shape index (κ1) is 12.8. The summed E-state index contributed by atoms with van der Waals surface area (Å²) in [7, 11) is 0. The molecule has 0 spiro atoms. The Morgan fingerprint density at radius 2 is 2.05 bits per heavy atom. The molecule has 0 bridgehead atoms. The maximum absolute atomic E-state index is 11.8. The van der Waals surface area contributed by atoms with Gasteiger partial charge in [-0.25, -0.2) is 0 Å². The fourth-order valence-electron chi connectivity index (χ4n) is 2.49. The monoisotopic (exact) mass is 276 g/mol. The SMILES string of the molecule is O=C([O-])[C@@H]1CC(=O)N(Cc2ccc3c(c2)OCCO3)C1. The number of carboxylic acid groups (broad SMARTS) is 1. The van der Waals surface area contributed by atoms with Gasteiger partial charge in [-0.05, 0) is 17.7 Å². The van der Waals surface area contributed by atoms with E-state index in [0.717, 1.165) is 5.56 Å². The highest BCUT2D eigenvalue weighted by Gasteiger charge is 2.30. The number of hydrogen-bond donors (Lipinski definition) is 0. The van der Waals surface area contributed by atoms with Crippen molar-refractivity contribution in [1.82, 2.24) is 4.90 Å². The molecule has 0 saturated carbocycles. The lowest BCUT2D eigenvalue weighted by Gasteiger charge is -2.21. The molecule has 20 heavy (non-hydrogen) atoms. The number of ether oxygens (including phenoxy) is 2. The quantitative estimate of drug-likeness (QED) is 0.747. The molecule has 6 heteroatoms. The van der Waals surface area contributed by atoms with Crippen LogP contribution >= 0.6 is 0 Å². The number of carboxylic acids is 1. The van der Waals surface area contributed by atoms with Gasteiger partial charge >= 0.3 is 0 Å². The molecule has 2 aliphatic rings. The Bertz CT molecular complexity index is 556. The second-order valence-corrected chi connectivity index (χ2v) is 4.97. The normalized spacial score (nSPS) is 21.1. The summed E-state index contributed by atoms with van der Waals surface area (Å²) in [5, 5.41) is 10.8. The van der Waals surface area contributed by atoms with Crippen LogP contribution < -0.4 is 14.6 Å². The number of fused-ring (bicyclic) bond motifs is 1. The number of hydrogen-bond acceptors (Lipinski definition) is 5. The molecule has 106 valence electrons. The Labute approximate surface area is 115 Å². The molecule has 2 heterocycles. The molecule has 6 nitrogen and oxygen atoms in total. The van der Waals surface area contributed by atoms with Gasteiger partial charge in [-0.15, -0.1) is 0 Å². The highest BCUT2D eigenvalue weighted by atomic mass is 16.6. The Morgan fingerprint density at radius 1 is 1.30 bits per heavy atom. The number of aliphatic carboxylic acids is 1. The lowest BCUT2D eigenvalue weighted by atomic mass is 10.1. The maximum Gasteiger partial charge on any atom is 0.223 e. The van der Waals surface area contributed by atoms with E-state index in [-0.39, 0.29) is 18.9 Å². The Hall–Kier alpha value is -2.24. The fourth-order valence-corrected chi connectivity index (χ4v) is 2.49. The van der Waals surface area contributed by atoms with Crippen molar-refractivity contribution in [3.63, 3.8) is 0 Å². The lowest BCUT2D eigenvalue weighted by Crippen LogP contribution is -2.33. The standard InChI is InChI=1S/C14H15NO5/c16-13-6-10(14(17)18)8-15(13)7-9-1-2-11-12(5-9)20-4-3-19-11/h1-2,5,10H,3-4,6-8H2,(H,17,18)/p-1/t10-/m1/s1. The first-order chi connectivity index (χ1) is 9.63. The van der Waals surface area contributed by atoms with Crippen molar-refractivity contribution in [2.45, 2.75) is 13.0 Å². The van der Waals surface area contributed by atoms with Gasteiger partial charge in [0.05, 0.1) is 0 Å². The summed E-state index contributed by atoms with van der Waals surface area (Å²) in [6, 6.07) is 5.49. The topological polar surface area (TPSA) is 78.9 Å². The zero-order valence-electron chi connectivity index (χ0n) is 10.8. The molecule has 0 aliphatic carbocycles. The predicted octanol–water partition coefficient (Wildman–Crippen LogP) is -0.444. The third kappa shape index (κ3) is 2.41. The van der Waals surface area contributed by atoms with Crippen LogP contribution in [0.3, 0.4) is 0 Å². The van der Waals surface area contributed by atoms with Gasteiger partial charge < -0.3 is 24.3 Å². The highest BCUT2D eigenvalue weighted by Crippen LogP contribution is 2.31. The van der Waals surface area contributed by atoms with E-state index in [1.165, 1.54) is 4.90 Å². The second-order valence-electron chi connectivity index (χ2n) is 4.97. The van der Waals surface area contributed by atoms with Crippen LogP contribution in [0.2, 0.25) is 0 Å². The number of amides is 1. The molecule has 0 unspecified atom stereocenters. The maximum atomic E-state index is 11.8. The van der Waals surface area contributed by atoms with Crippen molar-refractivity contribution < 1.29 is 24.2 Å². The molecule has 1 aromatic carbocycles. The number of benzene rings is 1. The van der Waals surface area contributed by atoms with Crippen molar-refractivity contribution >= 4 is 11.9 Å². The van der Waals surface area contributed by atoms with Gasteiger partial charge in [0.2, 0.25) is 5.91 Å². The molecule has 1 amide bonds. The summed E-state index contributed by atoms with van der Waals surface area (Å²) in [6.45, 7) is 1.62. The number of nitrogens with zero attached hydrogens (tertiary/aromatic N) is 1. The van der Waals surface area contributed by atoms with Gasteiger partial charge in [0, 0.05) is 31.4 Å². The smallest absolute Gasteiger partial charge is 0.223 e. The molecule has 0 radical (unpaired) electrons. The van der Waals surface area contributed by atoms with Crippen LogP contribution in [-0.2, 0) is 16.1 Å². The number of carbonyl (C=O) groups is 2. The van der Waals surface area contributed by atoms with E-state index in [4.69, 9.17) is 9.47 Å². The summed E-state index contributed by atoms with van der Waals surface area (Å²) >= 11 is 0. The van der Waals surface area contributed by atoms with Gasteiger partial charge in [0.15, 0.2) is 11.5 Å². The average molecular weight is 276 g/mol. The van der Waals surface area contributed by atoms with E-state index in [0.29, 0.717) is 31.3 Å². The Morgan fingerprint density at radius 3 is 2.75 bits per heavy atom. The van der Waals surface area contributed by atoms with E-state index in [1.807, 2.05) is 12.1 Å². The van der Waals surface area contributed by atoms with Crippen LogP contribution in [0.5, 0.6) is 11.5 Å². The zero-order chi connectivity index (χ0) is 14.1. The van der Waals surface area contributed by atoms with Crippen molar-refractivity contribution in [3.8, 4) is 11.5 Å². The molecule has 1 aromatic rings. The molecule has 0 aromatic heterocycles. The van der Waals surface area contributed by atoms with E-state index < -0.39 is 11.9 Å². The average Bonchev–Trinajstić information content (AvgIpc) is 2.80. The first-order valence-electron chi connectivity index (χ1n) is 6.50. The summed E-state index contributed by atoms with van der Waals surface area (Å²) in [4.78, 5) is 24.1. The minimum Gasteiger partial charge on any atom is -0.550 e. The van der Waals surface area contributed by atoms with Gasteiger partial charge in [-0.1, -0.05) is 6.07 Å². The molecule has 2 aliphatic heterocycles. The number of carbonyl (C=O) groups excluding carboxylic acids is 2. The van der Waals surface area contributed by atoms with Crippen molar-refractivity contribution in [2.75, 3.05) is 19.8 Å². The molecular weight excluding hydrogens is 262 g/mol. The summed E-state index contributed by atoms with van der Waals surface area (Å²) in [6.07, 6.45) is 0.0207. The van der Waals surface area contributed by atoms with Gasteiger partial charge in [-0.2, -0.15) is 0 Å². The van der Waals surface area contributed by atoms with E-state index in [2.05, 4.69) is 0 Å². The number of rotatable bonds is 3. The van der Waals surface area contributed by atoms with Gasteiger partial charge in [0.25, 0.3) is 0 Å². The Kier molecular flexibility index (Phi) is 3.22. The summed E-state index contributed by atoms with van der Waals surface area (Å²) in [5.41, 5.74) is 0.890. The van der Waals surface area contributed by atoms with E-state index in [9.17, 15) is 14.7 Å². The molecule has 0 N–H and O–H groups in total. The Balaban J connectivity index is 1.72. The molecule has 3 rings (SSSR count). The molecule has 1 fully saturated rings. The van der Waals surface area contributed by atoms with Crippen LogP contribution in [0.25, 0.3) is 0 Å². The minimum atomic E-state index is -1.16.